The number of ether oxygens (including phenoxy) is 1. The lowest BCUT2D eigenvalue weighted by molar-refractivity contribution is 0.0600. The molecular weight excluding hydrogens is 336 g/mol. The lowest BCUT2D eigenvalue weighted by Crippen LogP contribution is -2.12. The van der Waals surface area contributed by atoms with Gasteiger partial charge in [0.2, 0.25) is 0 Å². The van der Waals surface area contributed by atoms with E-state index in [9.17, 15) is 4.79 Å². The summed E-state index contributed by atoms with van der Waals surface area (Å²) in [5, 5.41) is 0. The van der Waals surface area contributed by atoms with Crippen LogP contribution in [0.4, 0.5) is 0 Å². The number of carbonyl (C=O) groups excluding carboxylic acids is 1. The van der Waals surface area contributed by atoms with E-state index in [-0.39, 0.29) is 16.9 Å². The van der Waals surface area contributed by atoms with Crippen LogP contribution in [0.5, 0.6) is 0 Å². The summed E-state index contributed by atoms with van der Waals surface area (Å²) in [6.07, 6.45) is 0. The number of rotatable bonds is 2. The maximum absolute atomic E-state index is 11.9. The summed E-state index contributed by atoms with van der Waals surface area (Å²) in [6, 6.07) is 24.9. The molecule has 1 heterocycles. The molecule has 1 unspecified atom stereocenters. The van der Waals surface area contributed by atoms with Gasteiger partial charge in [0.25, 0.3) is 0 Å². The zero-order chi connectivity index (χ0) is 16.5. The highest BCUT2D eigenvalue weighted by molar-refractivity contribution is 8.04. The van der Waals surface area contributed by atoms with E-state index < -0.39 is 0 Å². The van der Waals surface area contributed by atoms with Gasteiger partial charge in [-0.2, -0.15) is 0 Å². The molecule has 4 heteroatoms. The van der Waals surface area contributed by atoms with Gasteiger partial charge in [-0.1, -0.05) is 42.1 Å². The first kappa shape index (κ1) is 15.4. The minimum absolute atomic E-state index is 0.154. The molecule has 1 aliphatic heterocycles. The largest absolute Gasteiger partial charge is 0.465 e. The van der Waals surface area contributed by atoms with Crippen LogP contribution in [0.2, 0.25) is 0 Å². The minimum Gasteiger partial charge on any atom is -0.465 e. The number of hydrogen-bond donors (Lipinski definition) is 0. The Kier molecular flexibility index (Phi) is 4.08. The van der Waals surface area contributed by atoms with Crippen LogP contribution in [-0.4, -0.2) is 13.1 Å². The summed E-state index contributed by atoms with van der Waals surface area (Å²) in [5.41, 5.74) is 0.597. The molecule has 0 spiro atoms. The van der Waals surface area contributed by atoms with E-state index in [2.05, 4.69) is 54.6 Å². The van der Waals surface area contributed by atoms with Crippen molar-refractivity contribution in [2.75, 3.05) is 7.11 Å². The van der Waals surface area contributed by atoms with Crippen LogP contribution in [0.1, 0.15) is 10.4 Å². The van der Waals surface area contributed by atoms with E-state index in [1.165, 1.54) is 26.7 Å². The summed E-state index contributed by atoms with van der Waals surface area (Å²) >= 11 is 1.72. The van der Waals surface area contributed by atoms with Crippen LogP contribution in [0.3, 0.4) is 0 Å². The Morgan fingerprint density at radius 1 is 0.875 bits per heavy atom. The van der Waals surface area contributed by atoms with Crippen molar-refractivity contribution in [3.05, 3.63) is 78.4 Å². The zero-order valence-corrected chi connectivity index (χ0v) is 14.7. The molecule has 1 atom stereocenters. The van der Waals surface area contributed by atoms with Crippen LogP contribution in [-0.2, 0) is 15.6 Å². The Morgan fingerprint density at radius 3 is 2.38 bits per heavy atom. The maximum atomic E-state index is 11.9. The Bertz CT molecular complexity index is 907. The second-order valence-electron chi connectivity index (χ2n) is 5.32. The first-order valence-electron chi connectivity index (χ1n) is 7.56. The molecule has 0 aromatic heterocycles. The van der Waals surface area contributed by atoms with Crippen molar-refractivity contribution in [1.29, 1.82) is 0 Å². The normalized spacial score (nSPS) is 15.3. The Balaban J connectivity index is 1.90. The van der Waals surface area contributed by atoms with Crippen LogP contribution >= 0.6 is 11.8 Å². The third-order valence-corrected chi connectivity index (χ3v) is 7.58. The molecule has 4 rings (SSSR count). The fourth-order valence-electron chi connectivity index (χ4n) is 2.75. The molecule has 0 N–H and O–H groups in total. The van der Waals surface area contributed by atoms with Crippen molar-refractivity contribution in [3.63, 3.8) is 0 Å². The quantitative estimate of drug-likeness (QED) is 0.374. The summed E-state index contributed by atoms with van der Waals surface area (Å²) in [6.45, 7) is 0. The fraction of sp³-hybridized carbons (Fsp3) is 0.0500. The third kappa shape index (κ3) is 2.62. The average molecular weight is 351 g/mol. The van der Waals surface area contributed by atoms with E-state index >= 15 is 0 Å². The smallest absolute Gasteiger partial charge is 0.337 e. The number of benzene rings is 3. The predicted molar refractivity (Wildman–Crippen MR) is 97.0 cm³/mol. The summed E-state index contributed by atoms with van der Waals surface area (Å²) in [7, 11) is 1.26. The van der Waals surface area contributed by atoms with Crippen LogP contribution in [0, 0.1) is 0 Å². The molecule has 0 radical (unpaired) electrons. The van der Waals surface area contributed by atoms with Crippen LogP contribution < -0.4 is 0 Å². The molecule has 0 saturated carbocycles. The highest BCUT2D eigenvalue weighted by Crippen LogP contribution is 2.48. The monoisotopic (exact) mass is 351 g/mol. The van der Waals surface area contributed by atoms with Gasteiger partial charge in [-0.15, -0.1) is 0 Å². The van der Waals surface area contributed by atoms with Crippen molar-refractivity contribution in [2.45, 2.75) is 24.5 Å². The van der Waals surface area contributed by atoms with E-state index in [0.29, 0.717) is 5.56 Å². The van der Waals surface area contributed by atoms with Crippen molar-refractivity contribution in [3.8, 4) is 0 Å². The SMILES string of the molecule is COC(=O)c1ccc2c(c1)Sc1ccccc1[S+]2c1ccccc1. The second-order valence-corrected chi connectivity index (χ2v) is 8.37. The lowest BCUT2D eigenvalue weighted by atomic mass is 10.2. The van der Waals surface area contributed by atoms with E-state index in [1.807, 2.05) is 18.2 Å². The van der Waals surface area contributed by atoms with E-state index in [4.69, 9.17) is 4.74 Å². The Labute approximate surface area is 148 Å². The number of hydrogen-bond acceptors (Lipinski definition) is 3. The fourth-order valence-corrected chi connectivity index (χ4v) is 6.53. The third-order valence-electron chi connectivity index (χ3n) is 3.85. The first-order chi connectivity index (χ1) is 11.8. The number of esters is 1. The van der Waals surface area contributed by atoms with Crippen molar-refractivity contribution in [1.82, 2.24) is 0 Å². The van der Waals surface area contributed by atoms with Gasteiger partial charge < -0.3 is 4.74 Å². The van der Waals surface area contributed by atoms with Crippen molar-refractivity contribution < 1.29 is 9.53 Å². The van der Waals surface area contributed by atoms with Gasteiger partial charge in [-0.25, -0.2) is 4.79 Å². The summed E-state index contributed by atoms with van der Waals surface area (Å²) in [5.74, 6) is -0.295. The van der Waals surface area contributed by atoms with Crippen LogP contribution in [0.15, 0.2) is 97.3 Å². The van der Waals surface area contributed by atoms with Gasteiger partial charge in [0.15, 0.2) is 14.7 Å². The highest BCUT2D eigenvalue weighted by atomic mass is 32.2. The van der Waals surface area contributed by atoms with Gasteiger partial charge in [0.1, 0.15) is 10.9 Å². The van der Waals surface area contributed by atoms with Gasteiger partial charge in [-0.3, -0.25) is 0 Å². The zero-order valence-electron chi connectivity index (χ0n) is 13.1. The molecule has 118 valence electrons. The second kappa shape index (κ2) is 6.38. The number of carbonyl (C=O) groups is 1. The van der Waals surface area contributed by atoms with Gasteiger partial charge in [-0.05, 0) is 42.5 Å². The minimum atomic E-state index is -0.295. The molecule has 1 aliphatic rings. The molecule has 3 aromatic rings. The van der Waals surface area contributed by atoms with Crippen molar-refractivity contribution in [2.24, 2.45) is 0 Å². The van der Waals surface area contributed by atoms with Gasteiger partial charge >= 0.3 is 5.97 Å². The number of methoxy groups -OCH3 is 1. The average Bonchev–Trinajstić information content (AvgIpc) is 2.65. The molecule has 0 fully saturated rings. The molecule has 0 amide bonds. The highest BCUT2D eigenvalue weighted by Gasteiger charge is 2.38. The molecule has 0 bridgehead atoms. The molecule has 3 aromatic carbocycles. The summed E-state index contributed by atoms with van der Waals surface area (Å²) in [4.78, 5) is 18.1. The molecule has 0 aliphatic carbocycles. The molecular formula is C20H15O2S2+. The Hall–Kier alpha value is -2.17. The molecule has 2 nitrogen and oxygen atoms in total. The maximum Gasteiger partial charge on any atom is 0.337 e. The lowest BCUT2D eigenvalue weighted by Gasteiger charge is -2.19. The number of fused-ring (bicyclic) bond motifs is 2. The molecule has 0 saturated heterocycles. The van der Waals surface area contributed by atoms with E-state index in [0.717, 1.165) is 4.90 Å². The van der Waals surface area contributed by atoms with E-state index in [1.54, 1.807) is 11.8 Å². The Morgan fingerprint density at radius 2 is 1.58 bits per heavy atom. The van der Waals surface area contributed by atoms with Gasteiger partial charge in [0, 0.05) is 0 Å². The standard InChI is InChI=1S/C20H15O2S2/c1-22-20(21)14-11-12-19-17(13-14)23-16-9-5-6-10-18(16)24(19)15-7-3-2-4-8-15/h2-13H,1H3/q+1. The first-order valence-corrected chi connectivity index (χ1v) is 9.60. The predicted octanol–water partition coefficient (Wildman–Crippen LogP) is 5.03. The molecule has 24 heavy (non-hydrogen) atoms. The summed E-state index contributed by atoms with van der Waals surface area (Å²) < 4.78 is 4.86. The van der Waals surface area contributed by atoms with Crippen LogP contribution in [0.25, 0.3) is 0 Å². The van der Waals surface area contributed by atoms with Gasteiger partial charge in [0.05, 0.1) is 22.5 Å². The van der Waals surface area contributed by atoms with Crippen molar-refractivity contribution >= 4 is 28.6 Å². The topological polar surface area (TPSA) is 26.3 Å².